The van der Waals surface area contributed by atoms with Crippen molar-refractivity contribution in [1.82, 2.24) is 0 Å². The van der Waals surface area contributed by atoms with Crippen LogP contribution >= 0.6 is 0 Å². The minimum absolute atomic E-state index is 0.778. The van der Waals surface area contributed by atoms with Crippen LogP contribution in [0.2, 0.25) is 0 Å². The summed E-state index contributed by atoms with van der Waals surface area (Å²) in [4.78, 5) is 4.96. The van der Waals surface area contributed by atoms with Crippen LogP contribution in [0.15, 0.2) is 82.2 Å². The molecular weight excluding hydrogens is 334 g/mol. The van der Waals surface area contributed by atoms with Gasteiger partial charge in [0.2, 0.25) is 0 Å². The standard InChI is InChI=1S/C24H21NO2/c1-16-9-11-21(17(2)13-16)25-22-15-24(18-7-5-4-6-8-18)27-23-12-10-19(26-3)14-20(22)23/h4-15H,1-3H3. The molecule has 0 N–H and O–H groups in total. The van der Waals surface area contributed by atoms with Crippen molar-refractivity contribution >= 4 is 16.7 Å². The van der Waals surface area contributed by atoms with E-state index < -0.39 is 0 Å². The van der Waals surface area contributed by atoms with Gasteiger partial charge in [-0.15, -0.1) is 0 Å². The second kappa shape index (κ2) is 7.12. The summed E-state index contributed by atoms with van der Waals surface area (Å²) in [7, 11) is 1.66. The molecule has 3 heteroatoms. The summed E-state index contributed by atoms with van der Waals surface area (Å²) in [6, 6.07) is 24.2. The second-order valence-corrected chi connectivity index (χ2v) is 6.63. The number of hydrogen-bond acceptors (Lipinski definition) is 3. The normalized spacial score (nSPS) is 11.7. The highest BCUT2D eigenvalue weighted by Crippen LogP contribution is 2.26. The lowest BCUT2D eigenvalue weighted by Gasteiger charge is -2.07. The number of nitrogens with zero attached hydrogens (tertiary/aromatic N) is 1. The summed E-state index contributed by atoms with van der Waals surface area (Å²) in [6.07, 6.45) is 0. The van der Waals surface area contributed by atoms with Crippen molar-refractivity contribution in [2.75, 3.05) is 7.11 Å². The Morgan fingerprint density at radius 1 is 0.852 bits per heavy atom. The van der Waals surface area contributed by atoms with E-state index in [0.29, 0.717) is 0 Å². The van der Waals surface area contributed by atoms with Crippen molar-refractivity contribution in [1.29, 1.82) is 0 Å². The van der Waals surface area contributed by atoms with Gasteiger partial charge >= 0.3 is 0 Å². The van der Waals surface area contributed by atoms with Crippen molar-refractivity contribution < 1.29 is 9.15 Å². The van der Waals surface area contributed by atoms with Crippen LogP contribution in [0.25, 0.3) is 22.3 Å². The monoisotopic (exact) mass is 355 g/mol. The van der Waals surface area contributed by atoms with Gasteiger partial charge in [-0.25, -0.2) is 4.99 Å². The first-order valence-corrected chi connectivity index (χ1v) is 8.93. The van der Waals surface area contributed by atoms with Crippen molar-refractivity contribution in [3.05, 3.63) is 89.3 Å². The van der Waals surface area contributed by atoms with E-state index in [2.05, 4.69) is 32.0 Å². The molecule has 27 heavy (non-hydrogen) atoms. The van der Waals surface area contributed by atoms with Crippen molar-refractivity contribution in [3.63, 3.8) is 0 Å². The Labute approximate surface area is 158 Å². The second-order valence-electron chi connectivity index (χ2n) is 6.63. The highest BCUT2D eigenvalue weighted by molar-refractivity contribution is 5.80. The molecule has 134 valence electrons. The molecule has 0 amide bonds. The molecule has 4 rings (SSSR count). The summed E-state index contributed by atoms with van der Waals surface area (Å²) < 4.78 is 11.6. The molecule has 0 radical (unpaired) electrons. The third kappa shape index (κ3) is 3.49. The topological polar surface area (TPSA) is 34.7 Å². The summed E-state index contributed by atoms with van der Waals surface area (Å²) in [6.45, 7) is 4.17. The first-order valence-electron chi connectivity index (χ1n) is 8.93. The number of methoxy groups -OCH3 is 1. The van der Waals surface area contributed by atoms with Gasteiger partial charge in [0.05, 0.1) is 18.2 Å². The van der Waals surface area contributed by atoms with Crippen LogP contribution in [0.1, 0.15) is 11.1 Å². The van der Waals surface area contributed by atoms with Gasteiger partial charge in [-0.3, -0.25) is 0 Å². The van der Waals surface area contributed by atoms with Crippen LogP contribution in [0.5, 0.6) is 5.75 Å². The SMILES string of the molecule is COc1ccc2oc(-c3ccccc3)cc(=Nc3ccc(C)cc3C)c2c1. The zero-order chi connectivity index (χ0) is 18.8. The average molecular weight is 355 g/mol. The Kier molecular flexibility index (Phi) is 4.51. The van der Waals surface area contributed by atoms with E-state index in [0.717, 1.165) is 44.7 Å². The Morgan fingerprint density at radius 2 is 1.67 bits per heavy atom. The van der Waals surface area contributed by atoms with Gasteiger partial charge in [0.1, 0.15) is 17.1 Å². The lowest BCUT2D eigenvalue weighted by atomic mass is 10.1. The smallest absolute Gasteiger partial charge is 0.137 e. The summed E-state index contributed by atoms with van der Waals surface area (Å²) in [5, 5.41) is 1.79. The molecule has 4 aromatic rings. The molecule has 0 saturated heterocycles. The van der Waals surface area contributed by atoms with E-state index in [9.17, 15) is 0 Å². The maximum Gasteiger partial charge on any atom is 0.137 e. The van der Waals surface area contributed by atoms with Crippen molar-refractivity contribution in [3.8, 4) is 17.1 Å². The Balaban J connectivity index is 2.02. The molecular formula is C24H21NO2. The van der Waals surface area contributed by atoms with Crippen molar-refractivity contribution in [2.24, 2.45) is 4.99 Å². The van der Waals surface area contributed by atoms with Crippen LogP contribution in [-0.4, -0.2) is 7.11 Å². The molecule has 0 atom stereocenters. The molecule has 0 spiro atoms. The summed E-state index contributed by atoms with van der Waals surface area (Å²) in [5.74, 6) is 1.57. The summed E-state index contributed by atoms with van der Waals surface area (Å²) in [5.41, 5.74) is 5.13. The largest absolute Gasteiger partial charge is 0.497 e. The van der Waals surface area contributed by atoms with Crippen molar-refractivity contribution in [2.45, 2.75) is 13.8 Å². The predicted molar refractivity (Wildman–Crippen MR) is 109 cm³/mol. The molecule has 0 aliphatic rings. The molecule has 0 aliphatic heterocycles. The quantitative estimate of drug-likeness (QED) is 0.454. The molecule has 0 fully saturated rings. The third-order valence-electron chi connectivity index (χ3n) is 4.60. The fourth-order valence-corrected chi connectivity index (χ4v) is 3.17. The van der Waals surface area contributed by atoms with Gasteiger partial charge in [-0.1, -0.05) is 48.0 Å². The number of ether oxygens (including phenoxy) is 1. The lowest BCUT2D eigenvalue weighted by Crippen LogP contribution is -2.04. The zero-order valence-electron chi connectivity index (χ0n) is 15.7. The van der Waals surface area contributed by atoms with E-state index in [1.807, 2.05) is 54.6 Å². The summed E-state index contributed by atoms with van der Waals surface area (Å²) >= 11 is 0. The van der Waals surface area contributed by atoms with E-state index in [4.69, 9.17) is 14.1 Å². The third-order valence-corrected chi connectivity index (χ3v) is 4.60. The molecule has 1 heterocycles. The molecule has 3 aromatic carbocycles. The Bertz CT molecular complexity index is 1170. The molecule has 1 aromatic heterocycles. The average Bonchev–Trinajstić information content (AvgIpc) is 2.70. The maximum absolute atomic E-state index is 6.16. The molecule has 0 unspecified atom stereocenters. The molecule has 0 saturated carbocycles. The van der Waals surface area contributed by atoms with Crippen LogP contribution in [0.4, 0.5) is 5.69 Å². The molecule has 0 bridgehead atoms. The van der Waals surface area contributed by atoms with Gasteiger partial charge in [0.15, 0.2) is 0 Å². The first-order chi connectivity index (χ1) is 13.1. The number of benzene rings is 3. The van der Waals surface area contributed by atoms with Gasteiger partial charge < -0.3 is 9.15 Å². The van der Waals surface area contributed by atoms with E-state index >= 15 is 0 Å². The van der Waals surface area contributed by atoms with E-state index in [1.54, 1.807) is 7.11 Å². The van der Waals surface area contributed by atoms with Crippen LogP contribution in [0, 0.1) is 13.8 Å². The number of fused-ring (bicyclic) bond motifs is 1. The number of hydrogen-bond donors (Lipinski definition) is 0. The minimum Gasteiger partial charge on any atom is -0.497 e. The van der Waals surface area contributed by atoms with E-state index in [-0.39, 0.29) is 0 Å². The fourth-order valence-electron chi connectivity index (χ4n) is 3.17. The maximum atomic E-state index is 6.16. The predicted octanol–water partition coefficient (Wildman–Crippen LogP) is 5.96. The number of rotatable bonds is 3. The first kappa shape index (κ1) is 17.1. The Morgan fingerprint density at radius 3 is 2.41 bits per heavy atom. The number of aryl methyl sites for hydroxylation is 2. The lowest BCUT2D eigenvalue weighted by molar-refractivity contribution is 0.415. The van der Waals surface area contributed by atoms with Gasteiger partial charge in [-0.05, 0) is 43.7 Å². The van der Waals surface area contributed by atoms with Gasteiger partial charge in [0, 0.05) is 17.0 Å². The fraction of sp³-hybridized carbons (Fsp3) is 0.125. The highest BCUT2D eigenvalue weighted by atomic mass is 16.5. The Hall–Kier alpha value is -3.33. The van der Waals surface area contributed by atoms with Crippen LogP contribution in [0.3, 0.4) is 0 Å². The van der Waals surface area contributed by atoms with Crippen LogP contribution < -0.4 is 10.1 Å². The van der Waals surface area contributed by atoms with Crippen LogP contribution in [-0.2, 0) is 0 Å². The minimum atomic E-state index is 0.778. The van der Waals surface area contributed by atoms with Gasteiger partial charge in [0.25, 0.3) is 0 Å². The molecule has 0 aliphatic carbocycles. The zero-order valence-corrected chi connectivity index (χ0v) is 15.7. The molecule has 3 nitrogen and oxygen atoms in total. The highest BCUT2D eigenvalue weighted by Gasteiger charge is 2.08. The van der Waals surface area contributed by atoms with Gasteiger partial charge in [-0.2, -0.15) is 0 Å². The van der Waals surface area contributed by atoms with E-state index in [1.165, 1.54) is 5.56 Å².